The first-order valence-electron chi connectivity index (χ1n) is 4.99. The minimum absolute atomic E-state index is 0.202. The molecule has 0 radical (unpaired) electrons. The molecule has 2 rings (SSSR count). The Morgan fingerprint density at radius 2 is 1.88 bits per heavy atom. The normalized spacial score (nSPS) is 10.4. The van der Waals surface area contributed by atoms with Gasteiger partial charge in [0.15, 0.2) is 0 Å². The number of aromatic hydroxyl groups is 1. The van der Waals surface area contributed by atoms with Crippen molar-refractivity contribution in [2.45, 2.75) is 6.54 Å². The fourth-order valence-electron chi connectivity index (χ4n) is 1.52. The Morgan fingerprint density at radius 1 is 1.24 bits per heavy atom. The minimum atomic E-state index is -0.202. The zero-order valence-electron chi connectivity index (χ0n) is 8.93. The molecule has 1 heterocycles. The average molecular weight is 295 g/mol. The molecule has 0 fully saturated rings. The summed E-state index contributed by atoms with van der Waals surface area (Å²) in [6.07, 6.45) is 3.28. The molecule has 0 unspecified atom stereocenters. The van der Waals surface area contributed by atoms with Crippen LogP contribution in [-0.2, 0) is 6.54 Å². The van der Waals surface area contributed by atoms with Gasteiger partial charge in [-0.15, -0.1) is 0 Å². The van der Waals surface area contributed by atoms with Gasteiger partial charge in [-0.1, -0.05) is 12.1 Å². The van der Waals surface area contributed by atoms with Crippen molar-refractivity contribution in [3.8, 4) is 5.75 Å². The van der Waals surface area contributed by atoms with Gasteiger partial charge < -0.3 is 15.4 Å². The van der Waals surface area contributed by atoms with Crippen molar-refractivity contribution in [3.05, 3.63) is 56.9 Å². The van der Waals surface area contributed by atoms with Crippen LogP contribution in [0.1, 0.15) is 5.56 Å². The molecule has 0 atom stereocenters. The number of anilines is 1. The van der Waals surface area contributed by atoms with E-state index in [4.69, 9.17) is 5.73 Å². The van der Waals surface area contributed by atoms with Crippen molar-refractivity contribution in [2.24, 2.45) is 0 Å². The van der Waals surface area contributed by atoms with Crippen LogP contribution in [-0.4, -0.2) is 9.67 Å². The van der Waals surface area contributed by atoms with Crippen LogP contribution in [0.4, 0.5) is 5.69 Å². The van der Waals surface area contributed by atoms with Crippen LogP contribution >= 0.6 is 15.9 Å². The van der Waals surface area contributed by atoms with E-state index >= 15 is 0 Å². The molecule has 88 valence electrons. The van der Waals surface area contributed by atoms with Crippen molar-refractivity contribution in [1.82, 2.24) is 4.57 Å². The van der Waals surface area contributed by atoms with Crippen molar-refractivity contribution in [2.75, 3.05) is 5.73 Å². The summed E-state index contributed by atoms with van der Waals surface area (Å²) in [5.41, 5.74) is 6.61. The standard InChI is InChI=1S/C12H11BrN2O2/c13-10-6-15(7-11(14)12(10)17)5-8-1-3-9(16)4-2-8/h1-4,6-7,16H,5,14H2. The lowest BCUT2D eigenvalue weighted by molar-refractivity contribution is 0.475. The molecule has 0 aliphatic rings. The Kier molecular flexibility index (Phi) is 3.19. The number of phenolic OH excluding ortho intramolecular Hbond substituents is 1. The molecule has 5 heteroatoms. The van der Waals surface area contributed by atoms with Crippen LogP contribution in [0.2, 0.25) is 0 Å². The zero-order valence-corrected chi connectivity index (χ0v) is 10.5. The number of nitrogens with zero attached hydrogens (tertiary/aromatic N) is 1. The molecule has 17 heavy (non-hydrogen) atoms. The lowest BCUT2D eigenvalue weighted by Crippen LogP contribution is -2.13. The SMILES string of the molecule is Nc1cn(Cc2ccc(O)cc2)cc(Br)c1=O. The van der Waals surface area contributed by atoms with Gasteiger partial charge in [-0.25, -0.2) is 0 Å². The fraction of sp³-hybridized carbons (Fsp3) is 0.0833. The molecule has 0 amide bonds. The highest BCUT2D eigenvalue weighted by atomic mass is 79.9. The zero-order chi connectivity index (χ0) is 12.4. The lowest BCUT2D eigenvalue weighted by atomic mass is 10.2. The number of aromatic nitrogens is 1. The van der Waals surface area contributed by atoms with Crippen LogP contribution in [0.25, 0.3) is 0 Å². The number of hydrogen-bond donors (Lipinski definition) is 2. The number of pyridine rings is 1. The number of hydrogen-bond acceptors (Lipinski definition) is 3. The number of benzene rings is 1. The molecule has 0 spiro atoms. The van der Waals surface area contributed by atoms with Gasteiger partial charge in [-0.3, -0.25) is 4.79 Å². The van der Waals surface area contributed by atoms with E-state index in [1.54, 1.807) is 24.5 Å². The Balaban J connectivity index is 2.30. The molecule has 2 aromatic rings. The highest BCUT2D eigenvalue weighted by Crippen LogP contribution is 2.12. The summed E-state index contributed by atoms with van der Waals surface area (Å²) in [7, 11) is 0. The molecular formula is C12H11BrN2O2. The second-order valence-corrected chi connectivity index (χ2v) is 4.58. The topological polar surface area (TPSA) is 68.2 Å². The largest absolute Gasteiger partial charge is 0.508 e. The second-order valence-electron chi connectivity index (χ2n) is 3.73. The van der Waals surface area contributed by atoms with Crippen LogP contribution in [0.3, 0.4) is 0 Å². The van der Waals surface area contributed by atoms with Gasteiger partial charge >= 0.3 is 0 Å². The average Bonchev–Trinajstić information content (AvgIpc) is 2.29. The maximum Gasteiger partial charge on any atom is 0.218 e. The van der Waals surface area contributed by atoms with E-state index in [-0.39, 0.29) is 16.9 Å². The lowest BCUT2D eigenvalue weighted by Gasteiger charge is -2.08. The number of nitrogen functional groups attached to an aromatic ring is 1. The number of halogens is 1. The van der Waals surface area contributed by atoms with E-state index in [9.17, 15) is 9.90 Å². The van der Waals surface area contributed by atoms with Gasteiger partial charge in [-0.05, 0) is 33.6 Å². The molecule has 0 saturated heterocycles. The second kappa shape index (κ2) is 4.63. The number of nitrogens with two attached hydrogens (primary N) is 1. The Bertz CT molecular complexity index is 564. The monoisotopic (exact) mass is 294 g/mol. The van der Waals surface area contributed by atoms with Gasteiger partial charge in [0.1, 0.15) is 5.75 Å². The number of rotatable bonds is 2. The smallest absolute Gasteiger partial charge is 0.218 e. The third-order valence-electron chi connectivity index (χ3n) is 2.36. The van der Waals surface area contributed by atoms with Crippen molar-refractivity contribution in [1.29, 1.82) is 0 Å². The van der Waals surface area contributed by atoms with E-state index < -0.39 is 0 Å². The summed E-state index contributed by atoms with van der Waals surface area (Å²) >= 11 is 3.17. The Morgan fingerprint density at radius 3 is 2.47 bits per heavy atom. The molecule has 0 saturated carbocycles. The first-order valence-corrected chi connectivity index (χ1v) is 5.78. The first kappa shape index (κ1) is 11.7. The van der Waals surface area contributed by atoms with E-state index in [2.05, 4.69) is 15.9 Å². The Labute approximate surface area is 106 Å². The summed E-state index contributed by atoms with van der Waals surface area (Å²) in [4.78, 5) is 11.4. The maximum absolute atomic E-state index is 11.4. The van der Waals surface area contributed by atoms with Crippen LogP contribution < -0.4 is 11.2 Å². The van der Waals surface area contributed by atoms with Gasteiger partial charge in [0.25, 0.3) is 0 Å². The fourth-order valence-corrected chi connectivity index (χ4v) is 2.01. The van der Waals surface area contributed by atoms with Crippen molar-refractivity contribution < 1.29 is 5.11 Å². The highest BCUT2D eigenvalue weighted by Gasteiger charge is 2.02. The van der Waals surface area contributed by atoms with Crippen LogP contribution in [0.5, 0.6) is 5.75 Å². The Hall–Kier alpha value is -1.75. The summed E-state index contributed by atoms with van der Waals surface area (Å²) in [6, 6.07) is 6.88. The summed E-state index contributed by atoms with van der Waals surface area (Å²) in [6.45, 7) is 0.587. The van der Waals surface area contributed by atoms with E-state index in [0.717, 1.165) is 5.56 Å². The van der Waals surface area contributed by atoms with Gasteiger partial charge in [0, 0.05) is 18.9 Å². The predicted molar refractivity (Wildman–Crippen MR) is 70.0 cm³/mol. The third kappa shape index (κ3) is 2.68. The highest BCUT2D eigenvalue weighted by molar-refractivity contribution is 9.10. The van der Waals surface area contributed by atoms with Gasteiger partial charge in [-0.2, -0.15) is 0 Å². The summed E-state index contributed by atoms with van der Waals surface area (Å²) < 4.78 is 2.25. The molecule has 0 bridgehead atoms. The van der Waals surface area contributed by atoms with Crippen LogP contribution in [0, 0.1) is 0 Å². The third-order valence-corrected chi connectivity index (χ3v) is 2.93. The van der Waals surface area contributed by atoms with Gasteiger partial charge in [0.2, 0.25) is 5.43 Å². The molecule has 3 N–H and O–H groups in total. The molecule has 1 aromatic heterocycles. The van der Waals surface area contributed by atoms with Crippen molar-refractivity contribution >= 4 is 21.6 Å². The number of phenols is 1. The predicted octanol–water partition coefficient (Wildman–Crippen LogP) is 1.95. The molecule has 0 aliphatic carbocycles. The summed E-state index contributed by atoms with van der Waals surface area (Å²) in [5, 5.41) is 9.17. The molecule has 0 aliphatic heterocycles. The van der Waals surface area contributed by atoms with Crippen molar-refractivity contribution in [3.63, 3.8) is 0 Å². The molecule has 1 aromatic carbocycles. The van der Waals surface area contributed by atoms with E-state index in [0.29, 0.717) is 11.0 Å². The maximum atomic E-state index is 11.4. The van der Waals surface area contributed by atoms with Crippen LogP contribution in [0.15, 0.2) is 45.9 Å². The molecule has 4 nitrogen and oxygen atoms in total. The van der Waals surface area contributed by atoms with E-state index in [1.165, 1.54) is 0 Å². The quantitative estimate of drug-likeness (QED) is 0.889. The molecular weight excluding hydrogens is 284 g/mol. The van der Waals surface area contributed by atoms with Gasteiger partial charge in [0.05, 0.1) is 10.2 Å². The summed E-state index contributed by atoms with van der Waals surface area (Å²) in [5.74, 6) is 0.231. The first-order chi connectivity index (χ1) is 8.06. The minimum Gasteiger partial charge on any atom is -0.508 e. The van der Waals surface area contributed by atoms with E-state index in [1.807, 2.05) is 16.7 Å².